The SMILES string of the molecule is CC(=O)NCc1ccc(-c2csc(NC(=O)c3cccnc3Sc3ccccc3)n2)cc1. The van der Waals surface area contributed by atoms with Gasteiger partial charge >= 0.3 is 0 Å². The molecular weight excluding hydrogens is 440 g/mol. The summed E-state index contributed by atoms with van der Waals surface area (Å²) in [4.78, 5) is 33.9. The second-order valence-corrected chi connectivity index (χ2v) is 8.79. The Bertz CT molecular complexity index is 1220. The van der Waals surface area contributed by atoms with Crippen LogP contribution in [-0.4, -0.2) is 21.8 Å². The summed E-state index contributed by atoms with van der Waals surface area (Å²) in [6.45, 7) is 1.98. The number of carbonyl (C=O) groups is 2. The highest BCUT2D eigenvalue weighted by Gasteiger charge is 2.15. The van der Waals surface area contributed by atoms with Crippen LogP contribution in [0.5, 0.6) is 0 Å². The molecule has 0 unspecified atom stereocenters. The lowest BCUT2D eigenvalue weighted by molar-refractivity contribution is -0.119. The third kappa shape index (κ3) is 5.60. The van der Waals surface area contributed by atoms with Crippen molar-refractivity contribution in [2.24, 2.45) is 0 Å². The summed E-state index contributed by atoms with van der Waals surface area (Å²) in [5, 5.41) is 8.73. The predicted octanol–water partition coefficient (Wildman–Crippen LogP) is 5.24. The van der Waals surface area contributed by atoms with Crippen LogP contribution in [0, 0.1) is 0 Å². The number of hydrogen-bond donors (Lipinski definition) is 2. The Hall–Kier alpha value is -3.49. The number of carbonyl (C=O) groups excluding carboxylic acids is 2. The fraction of sp³-hybridized carbons (Fsp3) is 0.0833. The summed E-state index contributed by atoms with van der Waals surface area (Å²) in [7, 11) is 0. The summed E-state index contributed by atoms with van der Waals surface area (Å²) >= 11 is 2.82. The van der Waals surface area contributed by atoms with Crippen LogP contribution < -0.4 is 10.6 Å². The minimum atomic E-state index is -0.247. The second kappa shape index (κ2) is 10.2. The number of aromatic nitrogens is 2. The van der Waals surface area contributed by atoms with Crippen molar-refractivity contribution in [3.63, 3.8) is 0 Å². The molecule has 0 bridgehead atoms. The van der Waals surface area contributed by atoms with Crippen LogP contribution in [0.1, 0.15) is 22.8 Å². The molecule has 0 radical (unpaired) electrons. The van der Waals surface area contributed by atoms with Crippen LogP contribution in [0.4, 0.5) is 5.13 Å². The van der Waals surface area contributed by atoms with Gasteiger partial charge in [-0.05, 0) is 29.8 Å². The van der Waals surface area contributed by atoms with Gasteiger partial charge in [0, 0.05) is 35.5 Å². The molecule has 0 saturated heterocycles. The fourth-order valence-corrected chi connectivity index (χ4v) is 4.51. The zero-order chi connectivity index (χ0) is 22.3. The van der Waals surface area contributed by atoms with E-state index < -0.39 is 0 Å². The highest BCUT2D eigenvalue weighted by molar-refractivity contribution is 7.99. The van der Waals surface area contributed by atoms with Gasteiger partial charge in [-0.2, -0.15) is 0 Å². The molecule has 0 aliphatic carbocycles. The molecule has 0 aliphatic rings. The van der Waals surface area contributed by atoms with Gasteiger partial charge in [0.25, 0.3) is 5.91 Å². The lowest BCUT2D eigenvalue weighted by atomic mass is 10.1. The van der Waals surface area contributed by atoms with Crippen molar-refractivity contribution < 1.29 is 9.59 Å². The summed E-state index contributed by atoms with van der Waals surface area (Å²) in [6, 6.07) is 21.1. The monoisotopic (exact) mass is 460 g/mol. The molecule has 0 atom stereocenters. The molecule has 0 saturated carbocycles. The first-order chi connectivity index (χ1) is 15.6. The second-order valence-electron chi connectivity index (χ2n) is 6.87. The van der Waals surface area contributed by atoms with Gasteiger partial charge in [0.2, 0.25) is 5.91 Å². The summed E-state index contributed by atoms with van der Waals surface area (Å²) in [5.74, 6) is -0.309. The number of nitrogens with zero attached hydrogens (tertiary/aromatic N) is 2. The first-order valence-corrected chi connectivity index (χ1v) is 11.6. The number of rotatable bonds is 7. The average molecular weight is 461 g/mol. The van der Waals surface area contributed by atoms with Gasteiger partial charge in [0.1, 0.15) is 5.03 Å². The molecule has 0 spiro atoms. The Morgan fingerprint density at radius 3 is 2.53 bits per heavy atom. The smallest absolute Gasteiger partial charge is 0.260 e. The number of hydrogen-bond acceptors (Lipinski definition) is 6. The van der Waals surface area contributed by atoms with Crippen LogP contribution in [0.2, 0.25) is 0 Å². The van der Waals surface area contributed by atoms with Crippen molar-refractivity contribution in [1.29, 1.82) is 0 Å². The predicted molar refractivity (Wildman–Crippen MR) is 128 cm³/mol. The molecule has 160 valence electrons. The van der Waals surface area contributed by atoms with Crippen LogP contribution in [-0.2, 0) is 11.3 Å². The quantitative estimate of drug-likeness (QED) is 0.394. The minimum Gasteiger partial charge on any atom is -0.352 e. The Kier molecular flexibility index (Phi) is 6.94. The molecule has 2 N–H and O–H groups in total. The summed E-state index contributed by atoms with van der Waals surface area (Å²) in [6.07, 6.45) is 1.68. The van der Waals surface area contributed by atoms with Gasteiger partial charge in [-0.15, -0.1) is 11.3 Å². The summed E-state index contributed by atoms with van der Waals surface area (Å²) < 4.78 is 0. The molecule has 4 aromatic rings. The van der Waals surface area contributed by atoms with E-state index in [4.69, 9.17) is 0 Å². The normalized spacial score (nSPS) is 10.5. The van der Waals surface area contributed by atoms with E-state index in [-0.39, 0.29) is 11.8 Å². The van der Waals surface area contributed by atoms with Crippen LogP contribution in [0.15, 0.2) is 88.2 Å². The average Bonchev–Trinajstić information content (AvgIpc) is 3.27. The molecule has 32 heavy (non-hydrogen) atoms. The number of benzene rings is 2. The maximum atomic E-state index is 12.9. The van der Waals surface area contributed by atoms with E-state index in [1.165, 1.54) is 30.0 Å². The van der Waals surface area contributed by atoms with Gasteiger partial charge in [-0.1, -0.05) is 54.2 Å². The molecule has 2 aromatic carbocycles. The number of pyridine rings is 1. The molecule has 2 heterocycles. The molecule has 0 fully saturated rings. The summed E-state index contributed by atoms with van der Waals surface area (Å²) in [5.41, 5.74) is 3.23. The molecular formula is C24H20N4O2S2. The highest BCUT2D eigenvalue weighted by atomic mass is 32.2. The van der Waals surface area contributed by atoms with Crippen LogP contribution in [0.3, 0.4) is 0 Å². The molecule has 8 heteroatoms. The first kappa shape index (κ1) is 21.7. The third-order valence-electron chi connectivity index (χ3n) is 4.49. The molecule has 2 aromatic heterocycles. The first-order valence-electron chi connectivity index (χ1n) is 9.87. The zero-order valence-electron chi connectivity index (χ0n) is 17.2. The minimum absolute atomic E-state index is 0.0621. The Morgan fingerprint density at radius 1 is 1.00 bits per heavy atom. The maximum absolute atomic E-state index is 12.9. The van der Waals surface area contributed by atoms with E-state index in [1.54, 1.807) is 18.3 Å². The van der Waals surface area contributed by atoms with E-state index in [1.807, 2.05) is 60.0 Å². The van der Waals surface area contributed by atoms with E-state index in [0.717, 1.165) is 21.7 Å². The zero-order valence-corrected chi connectivity index (χ0v) is 18.9. The van der Waals surface area contributed by atoms with Crippen molar-refractivity contribution in [3.8, 4) is 11.3 Å². The van der Waals surface area contributed by atoms with Gasteiger partial charge < -0.3 is 5.32 Å². The topological polar surface area (TPSA) is 84.0 Å². The molecule has 4 rings (SSSR count). The number of thiazole rings is 1. The number of amides is 2. The van der Waals surface area contributed by atoms with Gasteiger partial charge in [-0.25, -0.2) is 9.97 Å². The fourth-order valence-electron chi connectivity index (χ4n) is 2.89. The van der Waals surface area contributed by atoms with Crippen LogP contribution in [0.25, 0.3) is 11.3 Å². The van der Waals surface area contributed by atoms with Crippen molar-refractivity contribution in [1.82, 2.24) is 15.3 Å². The van der Waals surface area contributed by atoms with E-state index in [2.05, 4.69) is 20.6 Å². The third-order valence-corrected chi connectivity index (χ3v) is 6.27. The van der Waals surface area contributed by atoms with Gasteiger partial charge in [-0.3, -0.25) is 14.9 Å². The van der Waals surface area contributed by atoms with Crippen molar-refractivity contribution in [3.05, 3.63) is 89.4 Å². The van der Waals surface area contributed by atoms with E-state index in [0.29, 0.717) is 22.3 Å². The van der Waals surface area contributed by atoms with Crippen molar-refractivity contribution in [2.75, 3.05) is 5.32 Å². The molecule has 2 amide bonds. The number of nitrogens with one attached hydrogen (secondary N) is 2. The van der Waals surface area contributed by atoms with Crippen molar-refractivity contribution in [2.45, 2.75) is 23.4 Å². The van der Waals surface area contributed by atoms with E-state index in [9.17, 15) is 9.59 Å². The lowest BCUT2D eigenvalue weighted by Crippen LogP contribution is -2.18. The largest absolute Gasteiger partial charge is 0.352 e. The van der Waals surface area contributed by atoms with Gasteiger partial charge in [0.15, 0.2) is 5.13 Å². The Morgan fingerprint density at radius 2 is 1.78 bits per heavy atom. The highest BCUT2D eigenvalue weighted by Crippen LogP contribution is 2.30. The Labute approximate surface area is 194 Å². The van der Waals surface area contributed by atoms with Crippen LogP contribution >= 0.6 is 23.1 Å². The van der Waals surface area contributed by atoms with Crippen molar-refractivity contribution >= 4 is 40.0 Å². The lowest BCUT2D eigenvalue weighted by Gasteiger charge is -2.07. The van der Waals surface area contributed by atoms with Gasteiger partial charge in [0.05, 0.1) is 11.3 Å². The number of anilines is 1. The van der Waals surface area contributed by atoms with E-state index >= 15 is 0 Å². The maximum Gasteiger partial charge on any atom is 0.260 e. The standard InChI is InChI=1S/C24H20N4O2S2/c1-16(29)26-14-17-9-11-18(12-10-17)21-15-31-24(27-21)28-22(30)20-8-5-13-25-23(20)32-19-6-3-2-4-7-19/h2-13,15H,14H2,1H3,(H,26,29)(H,27,28,30). The molecule has 6 nitrogen and oxygen atoms in total. The Balaban J connectivity index is 1.45. The molecule has 0 aliphatic heterocycles.